The highest BCUT2D eigenvalue weighted by Crippen LogP contribution is 2.24. The molecule has 0 saturated carbocycles. The monoisotopic (exact) mass is 375 g/mol. The largest absolute Gasteiger partial charge is 0.323 e. The Hall–Kier alpha value is -3.32. The fraction of sp³-hybridized carbons (Fsp3) is 0.100. The summed E-state index contributed by atoms with van der Waals surface area (Å²) in [6, 6.07) is 14.9. The number of hydrogen-bond acceptors (Lipinski definition) is 6. The van der Waals surface area contributed by atoms with Crippen molar-refractivity contribution in [3.8, 4) is 0 Å². The van der Waals surface area contributed by atoms with Gasteiger partial charge in [-0.25, -0.2) is 9.97 Å². The zero-order valence-corrected chi connectivity index (χ0v) is 15.7. The lowest BCUT2D eigenvalue weighted by molar-refractivity contribution is 0.102. The van der Waals surface area contributed by atoms with E-state index in [4.69, 9.17) is 0 Å². The third-order valence-electron chi connectivity index (χ3n) is 4.01. The van der Waals surface area contributed by atoms with Crippen molar-refractivity contribution in [2.75, 3.05) is 10.6 Å². The summed E-state index contributed by atoms with van der Waals surface area (Å²) in [5.41, 5.74) is 3.63. The van der Waals surface area contributed by atoms with Crippen LogP contribution in [-0.4, -0.2) is 20.2 Å². The van der Waals surface area contributed by atoms with Crippen molar-refractivity contribution < 1.29 is 4.79 Å². The Morgan fingerprint density at radius 1 is 1.00 bits per heavy atom. The molecular weight excluding hydrogens is 358 g/mol. The van der Waals surface area contributed by atoms with Crippen molar-refractivity contribution in [2.24, 2.45) is 0 Å². The van der Waals surface area contributed by atoms with Crippen LogP contribution < -0.4 is 10.6 Å². The van der Waals surface area contributed by atoms with Gasteiger partial charge in [-0.3, -0.25) is 4.79 Å². The van der Waals surface area contributed by atoms with Crippen LogP contribution in [0.25, 0.3) is 10.1 Å². The SMILES string of the molecule is Cc1cc(C)nc(Nc2ccccc2C(=O)Nc2ccc3sncc3c2)n1. The first-order valence-corrected chi connectivity index (χ1v) is 9.20. The number of amides is 1. The minimum absolute atomic E-state index is 0.204. The lowest BCUT2D eigenvalue weighted by atomic mass is 10.1. The molecule has 2 aromatic carbocycles. The molecular formula is C20H17N5OS. The van der Waals surface area contributed by atoms with Crippen molar-refractivity contribution in [3.63, 3.8) is 0 Å². The number of aryl methyl sites for hydroxylation is 2. The van der Waals surface area contributed by atoms with Gasteiger partial charge in [0, 0.05) is 28.7 Å². The summed E-state index contributed by atoms with van der Waals surface area (Å²) in [5.74, 6) is 0.267. The Kier molecular flexibility index (Phi) is 4.52. The molecule has 0 aliphatic carbocycles. The van der Waals surface area contributed by atoms with Crippen LogP contribution in [0.4, 0.5) is 17.3 Å². The van der Waals surface area contributed by atoms with Crippen LogP contribution in [0.1, 0.15) is 21.7 Å². The lowest BCUT2D eigenvalue weighted by Gasteiger charge is -2.12. The number of anilines is 3. The van der Waals surface area contributed by atoms with Crippen LogP contribution >= 0.6 is 11.5 Å². The van der Waals surface area contributed by atoms with E-state index in [0.29, 0.717) is 17.2 Å². The van der Waals surface area contributed by atoms with E-state index >= 15 is 0 Å². The number of nitrogens with zero attached hydrogens (tertiary/aromatic N) is 3. The van der Waals surface area contributed by atoms with Crippen molar-refractivity contribution in [1.29, 1.82) is 0 Å². The first kappa shape index (κ1) is 17.1. The van der Waals surface area contributed by atoms with E-state index in [1.165, 1.54) is 11.5 Å². The van der Waals surface area contributed by atoms with E-state index in [0.717, 1.165) is 27.2 Å². The fourth-order valence-corrected chi connectivity index (χ4v) is 3.47. The molecule has 0 fully saturated rings. The van der Waals surface area contributed by atoms with E-state index in [-0.39, 0.29) is 5.91 Å². The molecule has 27 heavy (non-hydrogen) atoms. The van der Waals surface area contributed by atoms with Gasteiger partial charge in [-0.05, 0) is 61.8 Å². The highest BCUT2D eigenvalue weighted by molar-refractivity contribution is 7.13. The van der Waals surface area contributed by atoms with Crippen LogP contribution in [0.3, 0.4) is 0 Å². The standard InChI is InChI=1S/C20H17N5OS/c1-12-9-13(2)23-20(22-12)25-17-6-4-3-5-16(17)19(26)24-15-7-8-18-14(10-15)11-21-27-18/h3-11H,1-2H3,(H,24,26)(H,22,23,25). The summed E-state index contributed by atoms with van der Waals surface area (Å²) in [6.45, 7) is 3.82. The molecule has 0 aliphatic heterocycles. The quantitative estimate of drug-likeness (QED) is 0.540. The molecule has 0 bridgehead atoms. The molecule has 2 N–H and O–H groups in total. The molecule has 2 aromatic heterocycles. The molecule has 6 nitrogen and oxygen atoms in total. The molecule has 0 atom stereocenters. The molecule has 2 heterocycles. The number of carbonyl (C=O) groups excluding carboxylic acids is 1. The van der Waals surface area contributed by atoms with Gasteiger partial charge in [0.1, 0.15) is 0 Å². The van der Waals surface area contributed by atoms with Crippen molar-refractivity contribution in [2.45, 2.75) is 13.8 Å². The predicted molar refractivity (Wildman–Crippen MR) is 109 cm³/mol. The van der Waals surface area contributed by atoms with E-state index in [2.05, 4.69) is 25.0 Å². The minimum Gasteiger partial charge on any atom is -0.323 e. The lowest BCUT2D eigenvalue weighted by Crippen LogP contribution is -2.14. The molecule has 0 saturated heterocycles. The van der Waals surface area contributed by atoms with E-state index in [9.17, 15) is 4.79 Å². The van der Waals surface area contributed by atoms with Crippen LogP contribution in [-0.2, 0) is 0 Å². The normalized spacial score (nSPS) is 10.7. The average Bonchev–Trinajstić information content (AvgIpc) is 3.09. The van der Waals surface area contributed by atoms with E-state index in [1.54, 1.807) is 12.3 Å². The third-order valence-corrected chi connectivity index (χ3v) is 4.79. The van der Waals surface area contributed by atoms with Crippen LogP contribution in [0.2, 0.25) is 0 Å². The van der Waals surface area contributed by atoms with Gasteiger partial charge in [0.2, 0.25) is 5.95 Å². The molecule has 0 aliphatic rings. The van der Waals surface area contributed by atoms with E-state index in [1.807, 2.05) is 56.3 Å². The first-order chi connectivity index (χ1) is 13.1. The topological polar surface area (TPSA) is 79.8 Å². The van der Waals surface area contributed by atoms with Gasteiger partial charge in [-0.15, -0.1) is 0 Å². The second kappa shape index (κ2) is 7.13. The summed E-state index contributed by atoms with van der Waals surface area (Å²) < 4.78 is 5.25. The number of hydrogen-bond donors (Lipinski definition) is 2. The Morgan fingerprint density at radius 3 is 2.59 bits per heavy atom. The maximum Gasteiger partial charge on any atom is 0.257 e. The number of carbonyl (C=O) groups is 1. The first-order valence-electron chi connectivity index (χ1n) is 8.42. The second-order valence-corrected chi connectivity index (χ2v) is 7.01. The highest BCUT2D eigenvalue weighted by Gasteiger charge is 2.13. The zero-order valence-electron chi connectivity index (χ0n) is 14.9. The van der Waals surface area contributed by atoms with Gasteiger partial charge < -0.3 is 10.6 Å². The molecule has 4 rings (SSSR count). The highest BCUT2D eigenvalue weighted by atomic mass is 32.1. The summed E-state index contributed by atoms with van der Waals surface area (Å²) >= 11 is 1.43. The Balaban J connectivity index is 1.60. The van der Waals surface area contributed by atoms with Gasteiger partial charge in [-0.1, -0.05) is 12.1 Å². The number of aromatic nitrogens is 3. The molecule has 0 spiro atoms. The number of para-hydroxylation sites is 1. The zero-order chi connectivity index (χ0) is 18.8. The maximum absolute atomic E-state index is 12.8. The Bertz CT molecular complexity index is 1120. The van der Waals surface area contributed by atoms with Crippen LogP contribution in [0, 0.1) is 13.8 Å². The van der Waals surface area contributed by atoms with Gasteiger partial charge in [0.05, 0.1) is 16.0 Å². The predicted octanol–water partition coefficient (Wildman–Crippen LogP) is 4.70. The third kappa shape index (κ3) is 3.78. The molecule has 0 radical (unpaired) electrons. The summed E-state index contributed by atoms with van der Waals surface area (Å²) in [5, 5.41) is 7.11. The van der Waals surface area contributed by atoms with Gasteiger partial charge in [0.15, 0.2) is 0 Å². The molecule has 1 amide bonds. The Labute approximate surface area is 160 Å². The molecule has 4 aromatic rings. The smallest absolute Gasteiger partial charge is 0.257 e. The van der Waals surface area contributed by atoms with Crippen LogP contribution in [0.15, 0.2) is 54.7 Å². The van der Waals surface area contributed by atoms with Crippen molar-refractivity contribution in [3.05, 3.63) is 71.7 Å². The fourth-order valence-electron chi connectivity index (χ4n) is 2.84. The molecule has 134 valence electrons. The summed E-state index contributed by atoms with van der Waals surface area (Å²) in [4.78, 5) is 21.6. The summed E-state index contributed by atoms with van der Waals surface area (Å²) in [6.07, 6.45) is 1.79. The maximum atomic E-state index is 12.8. The minimum atomic E-state index is -0.204. The number of fused-ring (bicyclic) bond motifs is 1. The number of rotatable bonds is 4. The van der Waals surface area contributed by atoms with Gasteiger partial charge in [0.25, 0.3) is 5.91 Å². The van der Waals surface area contributed by atoms with Crippen molar-refractivity contribution >= 4 is 44.8 Å². The molecule has 0 unspecified atom stereocenters. The number of benzene rings is 2. The van der Waals surface area contributed by atoms with Crippen molar-refractivity contribution in [1.82, 2.24) is 14.3 Å². The average molecular weight is 375 g/mol. The van der Waals surface area contributed by atoms with Crippen LogP contribution in [0.5, 0.6) is 0 Å². The Morgan fingerprint density at radius 2 is 1.78 bits per heavy atom. The van der Waals surface area contributed by atoms with E-state index < -0.39 is 0 Å². The second-order valence-electron chi connectivity index (χ2n) is 6.18. The summed E-state index contributed by atoms with van der Waals surface area (Å²) in [7, 11) is 0. The number of nitrogens with one attached hydrogen (secondary N) is 2. The molecule has 7 heteroatoms. The van der Waals surface area contributed by atoms with Gasteiger partial charge in [-0.2, -0.15) is 4.37 Å². The van der Waals surface area contributed by atoms with Gasteiger partial charge >= 0.3 is 0 Å².